The van der Waals surface area contributed by atoms with Crippen LogP contribution in [0.15, 0.2) is 48.5 Å². The molecule has 1 aliphatic heterocycles. The van der Waals surface area contributed by atoms with Crippen LogP contribution in [0.3, 0.4) is 0 Å². The highest BCUT2D eigenvalue weighted by atomic mass is 35.5. The second kappa shape index (κ2) is 9.36. The average molecular weight is 432 g/mol. The monoisotopic (exact) mass is 431 g/mol. The maximum Gasteiger partial charge on any atom is 0.288 e. The molecular weight excluding hydrogens is 409 g/mol. The van der Waals surface area contributed by atoms with E-state index in [0.717, 1.165) is 5.56 Å². The van der Waals surface area contributed by atoms with E-state index in [9.17, 15) is 19.3 Å². The summed E-state index contributed by atoms with van der Waals surface area (Å²) in [5, 5.41) is 11.1. The van der Waals surface area contributed by atoms with E-state index in [-0.39, 0.29) is 34.5 Å². The molecule has 1 saturated heterocycles. The molecule has 158 valence electrons. The minimum atomic E-state index is -0.550. The molecule has 0 bridgehead atoms. The van der Waals surface area contributed by atoms with Crippen LogP contribution in [0.5, 0.6) is 0 Å². The lowest BCUT2D eigenvalue weighted by molar-refractivity contribution is -0.384. The van der Waals surface area contributed by atoms with Crippen molar-refractivity contribution in [2.24, 2.45) is 0 Å². The number of amides is 1. The molecule has 30 heavy (non-hydrogen) atoms. The molecule has 3 rings (SSSR count). The van der Waals surface area contributed by atoms with Crippen molar-refractivity contribution in [3.8, 4) is 0 Å². The molecule has 0 aliphatic carbocycles. The molecule has 0 N–H and O–H groups in total. The number of hydrogen-bond acceptors (Lipinski definition) is 4. The fourth-order valence-electron chi connectivity index (χ4n) is 3.59. The number of hydrogen-bond donors (Lipinski definition) is 0. The zero-order valence-electron chi connectivity index (χ0n) is 16.8. The van der Waals surface area contributed by atoms with E-state index in [1.165, 1.54) is 30.3 Å². The number of nitro benzene ring substituents is 1. The molecule has 0 radical (unpaired) electrons. The molecule has 2 atom stereocenters. The topological polar surface area (TPSA) is 66.7 Å². The van der Waals surface area contributed by atoms with Crippen LogP contribution in [-0.4, -0.2) is 45.8 Å². The van der Waals surface area contributed by atoms with Crippen molar-refractivity contribution in [2.45, 2.75) is 32.5 Å². The van der Waals surface area contributed by atoms with Gasteiger partial charge >= 0.3 is 0 Å². The standard InChI is InChI=1S/C22H23ClFN3O3/c1-15-13-26(16(2)12-25(15)14-18-3-7-19(24)8-4-18)22(28)10-6-17-5-9-20(23)21(11-17)27(29)30/h3-11,15-16H,12-14H2,1-2H3/t15-,16+/m1/s1. The molecule has 0 spiro atoms. The second-order valence-corrected chi connectivity index (χ2v) is 7.95. The predicted octanol–water partition coefficient (Wildman–Crippen LogP) is 4.52. The Morgan fingerprint density at radius 3 is 2.57 bits per heavy atom. The fraction of sp³-hybridized carbons (Fsp3) is 0.318. The number of halogens is 2. The maximum absolute atomic E-state index is 13.1. The fourth-order valence-corrected chi connectivity index (χ4v) is 3.77. The number of nitro groups is 1. The predicted molar refractivity (Wildman–Crippen MR) is 115 cm³/mol. The molecule has 0 aromatic heterocycles. The molecule has 6 nitrogen and oxygen atoms in total. The Hall–Kier alpha value is -2.77. The van der Waals surface area contributed by atoms with Crippen molar-refractivity contribution in [1.82, 2.24) is 9.80 Å². The van der Waals surface area contributed by atoms with Gasteiger partial charge in [-0.2, -0.15) is 0 Å². The van der Waals surface area contributed by atoms with Gasteiger partial charge in [-0.25, -0.2) is 4.39 Å². The van der Waals surface area contributed by atoms with E-state index >= 15 is 0 Å². The van der Waals surface area contributed by atoms with Crippen LogP contribution in [-0.2, 0) is 11.3 Å². The first kappa shape index (κ1) is 21.9. The largest absolute Gasteiger partial charge is 0.334 e. The van der Waals surface area contributed by atoms with Gasteiger partial charge in [0.1, 0.15) is 10.8 Å². The van der Waals surface area contributed by atoms with Crippen LogP contribution in [0.4, 0.5) is 10.1 Å². The number of nitrogens with zero attached hydrogens (tertiary/aromatic N) is 3. The zero-order chi connectivity index (χ0) is 21.8. The second-order valence-electron chi connectivity index (χ2n) is 7.55. The van der Waals surface area contributed by atoms with E-state index in [0.29, 0.717) is 25.2 Å². The summed E-state index contributed by atoms with van der Waals surface area (Å²) in [4.78, 5) is 27.3. The van der Waals surface area contributed by atoms with Crippen LogP contribution in [0, 0.1) is 15.9 Å². The molecular formula is C22H23ClFN3O3. The summed E-state index contributed by atoms with van der Waals surface area (Å²) in [7, 11) is 0. The summed E-state index contributed by atoms with van der Waals surface area (Å²) in [6, 6.07) is 11.0. The first-order chi connectivity index (χ1) is 14.2. The summed E-state index contributed by atoms with van der Waals surface area (Å²) in [5.41, 5.74) is 1.37. The highest BCUT2D eigenvalue weighted by molar-refractivity contribution is 6.32. The van der Waals surface area contributed by atoms with Gasteiger partial charge in [-0.15, -0.1) is 0 Å². The highest BCUT2D eigenvalue weighted by Crippen LogP contribution is 2.26. The smallest absolute Gasteiger partial charge is 0.288 e. The summed E-state index contributed by atoms with van der Waals surface area (Å²) >= 11 is 5.83. The molecule has 8 heteroatoms. The van der Waals surface area contributed by atoms with E-state index in [2.05, 4.69) is 11.8 Å². The van der Waals surface area contributed by atoms with Gasteiger partial charge in [0, 0.05) is 43.9 Å². The Bertz CT molecular complexity index is 965. The van der Waals surface area contributed by atoms with Crippen molar-refractivity contribution in [2.75, 3.05) is 13.1 Å². The van der Waals surface area contributed by atoms with E-state index in [4.69, 9.17) is 11.6 Å². The Labute approximate surface area is 179 Å². The van der Waals surface area contributed by atoms with Crippen molar-refractivity contribution in [3.05, 3.63) is 80.6 Å². The lowest BCUT2D eigenvalue weighted by Gasteiger charge is -2.44. The number of carbonyl (C=O) groups is 1. The summed E-state index contributed by atoms with van der Waals surface area (Å²) in [6.07, 6.45) is 3.00. The number of benzene rings is 2. The van der Waals surface area contributed by atoms with Gasteiger partial charge in [-0.05, 0) is 49.2 Å². The Balaban J connectivity index is 1.65. The zero-order valence-corrected chi connectivity index (χ0v) is 17.6. The third-order valence-electron chi connectivity index (χ3n) is 5.28. The summed E-state index contributed by atoms with van der Waals surface area (Å²) < 4.78 is 13.1. The number of carbonyl (C=O) groups excluding carboxylic acids is 1. The maximum atomic E-state index is 13.1. The van der Waals surface area contributed by atoms with Crippen molar-refractivity contribution in [3.63, 3.8) is 0 Å². The molecule has 1 heterocycles. The van der Waals surface area contributed by atoms with Crippen LogP contribution >= 0.6 is 11.6 Å². The molecule has 0 saturated carbocycles. The summed E-state index contributed by atoms with van der Waals surface area (Å²) in [5.74, 6) is -0.401. The van der Waals surface area contributed by atoms with Crippen LogP contribution in [0.2, 0.25) is 5.02 Å². The highest BCUT2D eigenvalue weighted by Gasteiger charge is 2.31. The van der Waals surface area contributed by atoms with Crippen molar-refractivity contribution in [1.29, 1.82) is 0 Å². The van der Waals surface area contributed by atoms with Crippen LogP contribution in [0.1, 0.15) is 25.0 Å². The average Bonchev–Trinajstić information content (AvgIpc) is 2.71. The third kappa shape index (κ3) is 5.23. The first-order valence-corrected chi connectivity index (χ1v) is 10.0. The van der Waals surface area contributed by atoms with Gasteiger partial charge in [-0.3, -0.25) is 19.8 Å². The molecule has 0 unspecified atom stereocenters. The Morgan fingerprint density at radius 1 is 1.20 bits per heavy atom. The minimum absolute atomic E-state index is 0.00153. The van der Waals surface area contributed by atoms with Gasteiger partial charge in [-0.1, -0.05) is 29.8 Å². The van der Waals surface area contributed by atoms with Crippen LogP contribution < -0.4 is 0 Å². The lowest BCUT2D eigenvalue weighted by Crippen LogP contribution is -2.57. The third-order valence-corrected chi connectivity index (χ3v) is 5.60. The van der Waals surface area contributed by atoms with Gasteiger partial charge in [0.2, 0.25) is 5.91 Å². The van der Waals surface area contributed by atoms with E-state index < -0.39 is 4.92 Å². The van der Waals surface area contributed by atoms with Gasteiger partial charge in [0.25, 0.3) is 5.69 Å². The van der Waals surface area contributed by atoms with Crippen molar-refractivity contribution >= 4 is 29.3 Å². The van der Waals surface area contributed by atoms with Gasteiger partial charge in [0.05, 0.1) is 4.92 Å². The number of rotatable bonds is 5. The molecule has 2 aromatic rings. The van der Waals surface area contributed by atoms with Gasteiger partial charge < -0.3 is 4.90 Å². The Morgan fingerprint density at radius 2 is 1.90 bits per heavy atom. The van der Waals surface area contributed by atoms with Crippen LogP contribution in [0.25, 0.3) is 6.08 Å². The molecule has 2 aromatic carbocycles. The Kier molecular flexibility index (Phi) is 6.84. The minimum Gasteiger partial charge on any atom is -0.334 e. The summed E-state index contributed by atoms with van der Waals surface area (Å²) in [6.45, 7) is 6.00. The normalized spacial score (nSPS) is 19.9. The van der Waals surface area contributed by atoms with E-state index in [1.54, 1.807) is 29.2 Å². The quantitative estimate of drug-likeness (QED) is 0.396. The molecule has 1 fully saturated rings. The lowest BCUT2D eigenvalue weighted by atomic mass is 10.1. The SMILES string of the molecule is C[C@@H]1CN(C(=O)C=Cc2ccc(Cl)c([N+](=O)[O-])c2)[C@@H](C)CN1Cc1ccc(F)cc1. The van der Waals surface area contributed by atoms with Gasteiger partial charge in [0.15, 0.2) is 0 Å². The van der Waals surface area contributed by atoms with E-state index in [1.807, 2.05) is 6.92 Å². The number of piperazine rings is 1. The molecule has 1 aliphatic rings. The molecule has 1 amide bonds. The van der Waals surface area contributed by atoms with Crippen molar-refractivity contribution < 1.29 is 14.1 Å². The first-order valence-electron chi connectivity index (χ1n) is 9.65.